The molecule has 0 fully saturated rings. The SMILES string of the molecule is C=CC=C[N+]([O-])(O)C(=O)C=C. The smallest absolute Gasteiger partial charge is 0.375 e. The first-order valence-electron chi connectivity index (χ1n) is 2.84. The molecule has 0 saturated heterocycles. The van der Waals surface area contributed by atoms with Gasteiger partial charge in [-0.1, -0.05) is 19.2 Å². The Labute approximate surface area is 64.5 Å². The Kier molecular flexibility index (Phi) is 3.39. The lowest BCUT2D eigenvalue weighted by Crippen LogP contribution is -2.37. The highest BCUT2D eigenvalue weighted by atomic mass is 16.8. The molecule has 1 N–H and O–H groups in total. The highest BCUT2D eigenvalue weighted by Gasteiger charge is 2.18. The Morgan fingerprint density at radius 3 is 2.45 bits per heavy atom. The highest BCUT2D eigenvalue weighted by molar-refractivity contribution is 5.80. The van der Waals surface area contributed by atoms with Crippen molar-refractivity contribution in [3.63, 3.8) is 0 Å². The number of rotatable bonds is 3. The van der Waals surface area contributed by atoms with Crippen molar-refractivity contribution in [2.24, 2.45) is 0 Å². The molecule has 0 aliphatic heterocycles. The lowest BCUT2D eigenvalue weighted by atomic mass is 10.5. The van der Waals surface area contributed by atoms with Crippen LogP contribution >= 0.6 is 0 Å². The van der Waals surface area contributed by atoms with Crippen LogP contribution in [0.4, 0.5) is 0 Å². The topological polar surface area (TPSA) is 60.4 Å². The summed E-state index contributed by atoms with van der Waals surface area (Å²) in [5.41, 5.74) is 0. The van der Waals surface area contributed by atoms with Gasteiger partial charge in [0.05, 0.1) is 0 Å². The Bertz CT molecular complexity index is 206. The van der Waals surface area contributed by atoms with E-state index in [4.69, 9.17) is 5.21 Å². The average Bonchev–Trinajstić information content (AvgIpc) is 1.99. The van der Waals surface area contributed by atoms with Crippen LogP contribution in [0.5, 0.6) is 0 Å². The zero-order chi connectivity index (χ0) is 8.91. The van der Waals surface area contributed by atoms with Gasteiger partial charge in [0.1, 0.15) is 6.20 Å². The fourth-order valence-corrected chi connectivity index (χ4v) is 0.382. The van der Waals surface area contributed by atoms with E-state index in [0.717, 1.165) is 12.3 Å². The van der Waals surface area contributed by atoms with Gasteiger partial charge in [-0.25, -0.2) is 10.0 Å². The molecule has 0 aliphatic carbocycles. The number of allylic oxidation sites excluding steroid dienone is 2. The van der Waals surface area contributed by atoms with E-state index in [1.54, 1.807) is 0 Å². The molecule has 0 aromatic carbocycles. The summed E-state index contributed by atoms with van der Waals surface area (Å²) in [5.74, 6) is -1.04. The molecule has 0 aromatic rings. The average molecular weight is 155 g/mol. The summed E-state index contributed by atoms with van der Waals surface area (Å²) in [6.45, 7) is 6.32. The van der Waals surface area contributed by atoms with Crippen LogP contribution < -0.4 is 0 Å². The zero-order valence-electron chi connectivity index (χ0n) is 5.93. The van der Waals surface area contributed by atoms with Crippen LogP contribution in [0.15, 0.2) is 37.6 Å². The summed E-state index contributed by atoms with van der Waals surface area (Å²) < 4.78 is 0. The van der Waals surface area contributed by atoms with Crippen molar-refractivity contribution in [2.75, 3.05) is 0 Å². The number of hydrogen-bond donors (Lipinski definition) is 1. The lowest BCUT2D eigenvalue weighted by Gasteiger charge is -2.23. The quantitative estimate of drug-likeness (QED) is 0.218. The molecule has 0 bridgehead atoms. The number of carbonyl (C=O) groups excluding carboxylic acids is 1. The van der Waals surface area contributed by atoms with Crippen molar-refractivity contribution in [3.8, 4) is 0 Å². The minimum atomic E-state index is -2.07. The molecular weight excluding hydrogens is 146 g/mol. The molecule has 1 amide bonds. The second kappa shape index (κ2) is 3.82. The normalized spacial score (nSPS) is 15.8. The second-order valence-electron chi connectivity index (χ2n) is 1.74. The minimum Gasteiger partial charge on any atom is -0.586 e. The van der Waals surface area contributed by atoms with Gasteiger partial charge < -0.3 is 5.21 Å². The van der Waals surface area contributed by atoms with Gasteiger partial charge in [-0.05, 0) is 6.08 Å². The van der Waals surface area contributed by atoms with E-state index >= 15 is 0 Å². The summed E-state index contributed by atoms with van der Waals surface area (Å²) in [4.78, 5) is 8.47. The van der Waals surface area contributed by atoms with Gasteiger partial charge in [0.2, 0.25) is 0 Å². The number of carbonyl (C=O) groups is 1. The molecule has 0 rings (SSSR count). The zero-order valence-corrected chi connectivity index (χ0v) is 5.93. The maximum absolute atomic E-state index is 10.7. The van der Waals surface area contributed by atoms with Gasteiger partial charge in [0.25, 0.3) is 0 Å². The van der Waals surface area contributed by atoms with Crippen LogP contribution in [0.2, 0.25) is 0 Å². The molecule has 4 nitrogen and oxygen atoms in total. The van der Waals surface area contributed by atoms with E-state index in [-0.39, 0.29) is 0 Å². The third-order valence-electron chi connectivity index (χ3n) is 0.915. The van der Waals surface area contributed by atoms with Gasteiger partial charge >= 0.3 is 5.91 Å². The molecule has 0 radical (unpaired) electrons. The Morgan fingerprint density at radius 1 is 1.55 bits per heavy atom. The first-order chi connectivity index (χ1) is 5.04. The fourth-order valence-electron chi connectivity index (χ4n) is 0.382. The highest BCUT2D eigenvalue weighted by Crippen LogP contribution is 2.01. The predicted molar refractivity (Wildman–Crippen MR) is 40.0 cm³/mol. The van der Waals surface area contributed by atoms with E-state index in [2.05, 4.69) is 13.2 Å². The molecule has 0 aromatic heterocycles. The molecule has 0 spiro atoms. The van der Waals surface area contributed by atoms with Crippen molar-refractivity contribution < 1.29 is 14.8 Å². The number of amides is 1. The minimum absolute atomic E-state index is 0.747. The fraction of sp³-hybridized carbons (Fsp3) is 0. The standard InChI is InChI=1S/C7H9NO3/c1-3-5-6-8(10,11)7(9)4-2/h3-6,10H,1-2H2. The Balaban J connectivity index is 4.44. The Morgan fingerprint density at radius 2 is 2.09 bits per heavy atom. The largest absolute Gasteiger partial charge is 0.586 e. The first kappa shape index (κ1) is 9.77. The van der Waals surface area contributed by atoms with Crippen LogP contribution in [0.3, 0.4) is 0 Å². The lowest BCUT2D eigenvalue weighted by molar-refractivity contribution is -0.954. The van der Waals surface area contributed by atoms with Crippen LogP contribution in [0.25, 0.3) is 0 Å². The summed E-state index contributed by atoms with van der Waals surface area (Å²) >= 11 is 0. The summed E-state index contributed by atoms with van der Waals surface area (Å²) in [6, 6.07) is 0. The first-order valence-corrected chi connectivity index (χ1v) is 2.84. The van der Waals surface area contributed by atoms with Crippen LogP contribution in [0, 0.1) is 5.21 Å². The Hall–Kier alpha value is -1.23. The van der Waals surface area contributed by atoms with Crippen LogP contribution in [-0.4, -0.2) is 15.9 Å². The van der Waals surface area contributed by atoms with Crippen molar-refractivity contribution in [3.05, 3.63) is 42.8 Å². The van der Waals surface area contributed by atoms with Crippen LogP contribution in [0.1, 0.15) is 0 Å². The van der Waals surface area contributed by atoms with Crippen molar-refractivity contribution >= 4 is 5.91 Å². The van der Waals surface area contributed by atoms with Gasteiger partial charge in [-0.2, -0.15) is 0 Å². The molecule has 0 aliphatic rings. The van der Waals surface area contributed by atoms with E-state index < -0.39 is 10.7 Å². The summed E-state index contributed by atoms with van der Waals surface area (Å²) in [6.07, 6.45) is 3.95. The van der Waals surface area contributed by atoms with Gasteiger partial charge in [-0.3, -0.25) is 0 Å². The third kappa shape index (κ3) is 2.90. The maximum Gasteiger partial charge on any atom is 0.375 e. The number of hydrogen-bond acceptors (Lipinski definition) is 3. The molecule has 11 heavy (non-hydrogen) atoms. The molecule has 0 heterocycles. The van der Waals surface area contributed by atoms with E-state index in [0.29, 0.717) is 0 Å². The van der Waals surface area contributed by atoms with Gasteiger partial charge in [0.15, 0.2) is 0 Å². The monoisotopic (exact) mass is 155 g/mol. The van der Waals surface area contributed by atoms with Gasteiger partial charge in [0, 0.05) is 6.08 Å². The van der Waals surface area contributed by atoms with E-state index in [9.17, 15) is 10.0 Å². The van der Waals surface area contributed by atoms with E-state index in [1.165, 1.54) is 12.2 Å². The molecular formula is C7H9NO3. The number of nitrogens with zero attached hydrogens (tertiary/aromatic N) is 1. The molecule has 1 atom stereocenters. The number of hydroxylamine groups is 4. The van der Waals surface area contributed by atoms with Crippen molar-refractivity contribution in [2.45, 2.75) is 0 Å². The molecule has 0 saturated carbocycles. The van der Waals surface area contributed by atoms with Gasteiger partial charge in [-0.15, -0.1) is 4.81 Å². The van der Waals surface area contributed by atoms with Crippen LogP contribution in [-0.2, 0) is 4.79 Å². The molecule has 4 heteroatoms. The summed E-state index contributed by atoms with van der Waals surface area (Å²) in [5, 5.41) is 19.5. The third-order valence-corrected chi connectivity index (χ3v) is 0.915. The molecule has 60 valence electrons. The number of quaternary nitrogens is 1. The van der Waals surface area contributed by atoms with E-state index in [1.807, 2.05) is 0 Å². The predicted octanol–water partition coefficient (Wildman–Crippen LogP) is 1.10. The summed E-state index contributed by atoms with van der Waals surface area (Å²) in [7, 11) is 0. The molecule has 1 unspecified atom stereocenters. The second-order valence-corrected chi connectivity index (χ2v) is 1.74. The maximum atomic E-state index is 10.7. The van der Waals surface area contributed by atoms with Crippen molar-refractivity contribution in [1.29, 1.82) is 0 Å². The van der Waals surface area contributed by atoms with Crippen molar-refractivity contribution in [1.82, 2.24) is 0 Å².